The van der Waals surface area contributed by atoms with Crippen molar-refractivity contribution in [2.75, 3.05) is 37.4 Å². The molecule has 1 aromatic rings. The van der Waals surface area contributed by atoms with Crippen LogP contribution in [0.2, 0.25) is 0 Å². The quantitative estimate of drug-likeness (QED) is 0.705. The van der Waals surface area contributed by atoms with Gasteiger partial charge in [-0.1, -0.05) is 0 Å². The molecule has 0 spiro atoms. The van der Waals surface area contributed by atoms with Crippen molar-refractivity contribution in [2.24, 2.45) is 5.92 Å². The van der Waals surface area contributed by atoms with Crippen LogP contribution in [0.4, 0.5) is 11.6 Å². The van der Waals surface area contributed by atoms with E-state index in [9.17, 15) is 0 Å². The summed E-state index contributed by atoms with van der Waals surface area (Å²) < 4.78 is 5.54. The number of anilines is 2. The van der Waals surface area contributed by atoms with Crippen molar-refractivity contribution in [3.63, 3.8) is 0 Å². The van der Waals surface area contributed by atoms with Crippen LogP contribution in [0.1, 0.15) is 18.7 Å². The largest absolute Gasteiger partial charge is 0.379 e. The minimum atomic E-state index is 0.731. The van der Waals surface area contributed by atoms with Gasteiger partial charge in [-0.25, -0.2) is 9.97 Å². The van der Waals surface area contributed by atoms with Gasteiger partial charge in [-0.2, -0.15) is 0 Å². The Kier molecular flexibility index (Phi) is 4.14. The third-order valence-corrected chi connectivity index (χ3v) is 2.70. The molecule has 1 aromatic heterocycles. The first-order valence-corrected chi connectivity index (χ1v) is 6.13. The fourth-order valence-electron chi connectivity index (χ4n) is 1.57. The van der Waals surface area contributed by atoms with Crippen LogP contribution in [0.5, 0.6) is 0 Å². The van der Waals surface area contributed by atoms with Gasteiger partial charge in [0.1, 0.15) is 17.5 Å². The number of hydrogen-bond donors (Lipinski definition) is 2. The molecule has 94 valence electrons. The minimum Gasteiger partial charge on any atom is -0.379 e. The standard InChI is InChI=1S/C12H20N4O/c1-9-15-11(13-2)7-12(16-9)14-5-6-17-8-10-3-4-10/h7,10H,3-6,8H2,1-2H3,(H2,13,14,15,16). The number of rotatable bonds is 7. The van der Waals surface area contributed by atoms with Crippen molar-refractivity contribution in [1.29, 1.82) is 0 Å². The highest BCUT2D eigenvalue weighted by Crippen LogP contribution is 2.28. The lowest BCUT2D eigenvalue weighted by Crippen LogP contribution is -2.12. The zero-order valence-electron chi connectivity index (χ0n) is 10.5. The Morgan fingerprint density at radius 3 is 2.82 bits per heavy atom. The predicted octanol–water partition coefficient (Wildman–Crippen LogP) is 1.67. The zero-order valence-corrected chi connectivity index (χ0v) is 10.5. The van der Waals surface area contributed by atoms with E-state index < -0.39 is 0 Å². The average Bonchev–Trinajstić information content (AvgIpc) is 3.12. The lowest BCUT2D eigenvalue weighted by molar-refractivity contribution is 0.134. The summed E-state index contributed by atoms with van der Waals surface area (Å²) in [7, 11) is 1.85. The van der Waals surface area contributed by atoms with Crippen molar-refractivity contribution in [2.45, 2.75) is 19.8 Å². The first-order valence-electron chi connectivity index (χ1n) is 6.13. The Labute approximate surface area is 102 Å². The van der Waals surface area contributed by atoms with Gasteiger partial charge in [-0.15, -0.1) is 0 Å². The number of ether oxygens (including phenoxy) is 1. The van der Waals surface area contributed by atoms with Gasteiger partial charge in [0.25, 0.3) is 0 Å². The first-order chi connectivity index (χ1) is 8.28. The monoisotopic (exact) mass is 236 g/mol. The maximum atomic E-state index is 5.54. The molecule has 0 bridgehead atoms. The molecule has 0 amide bonds. The van der Waals surface area contributed by atoms with Crippen molar-refractivity contribution in [1.82, 2.24) is 9.97 Å². The summed E-state index contributed by atoms with van der Waals surface area (Å²) in [6.45, 7) is 4.31. The van der Waals surface area contributed by atoms with Gasteiger partial charge in [0, 0.05) is 26.3 Å². The van der Waals surface area contributed by atoms with Crippen molar-refractivity contribution in [3.05, 3.63) is 11.9 Å². The molecule has 0 unspecified atom stereocenters. The van der Waals surface area contributed by atoms with Gasteiger partial charge >= 0.3 is 0 Å². The van der Waals surface area contributed by atoms with Gasteiger partial charge in [-0.3, -0.25) is 0 Å². The molecule has 5 heteroatoms. The molecule has 1 heterocycles. The summed E-state index contributed by atoms with van der Waals surface area (Å²) in [6, 6.07) is 1.90. The highest BCUT2D eigenvalue weighted by Gasteiger charge is 2.20. The van der Waals surface area contributed by atoms with E-state index in [0.29, 0.717) is 0 Å². The molecule has 0 aliphatic heterocycles. The highest BCUT2D eigenvalue weighted by molar-refractivity contribution is 5.46. The minimum absolute atomic E-state index is 0.731. The first kappa shape index (κ1) is 12.1. The van der Waals surface area contributed by atoms with E-state index >= 15 is 0 Å². The molecular weight excluding hydrogens is 216 g/mol. The Morgan fingerprint density at radius 2 is 2.12 bits per heavy atom. The molecule has 1 aliphatic rings. The Morgan fingerprint density at radius 1 is 1.35 bits per heavy atom. The van der Waals surface area contributed by atoms with Crippen LogP contribution in [-0.4, -0.2) is 36.8 Å². The molecule has 2 N–H and O–H groups in total. The molecule has 0 atom stereocenters. The Bertz CT molecular complexity index is 366. The fraction of sp³-hybridized carbons (Fsp3) is 0.667. The summed E-state index contributed by atoms with van der Waals surface area (Å²) in [6.07, 6.45) is 2.67. The van der Waals surface area contributed by atoms with Crippen LogP contribution in [0.15, 0.2) is 6.07 Å². The smallest absolute Gasteiger partial charge is 0.131 e. The van der Waals surface area contributed by atoms with Crippen LogP contribution < -0.4 is 10.6 Å². The Hall–Kier alpha value is -1.36. The van der Waals surface area contributed by atoms with Gasteiger partial charge in [0.05, 0.1) is 6.61 Å². The summed E-state index contributed by atoms with van der Waals surface area (Å²) in [4.78, 5) is 8.54. The zero-order chi connectivity index (χ0) is 12.1. The molecule has 0 saturated heterocycles. The number of nitrogens with zero attached hydrogens (tertiary/aromatic N) is 2. The number of nitrogens with one attached hydrogen (secondary N) is 2. The normalized spacial score (nSPS) is 14.7. The van der Waals surface area contributed by atoms with Gasteiger partial charge in [-0.05, 0) is 25.7 Å². The maximum Gasteiger partial charge on any atom is 0.131 e. The molecule has 2 rings (SSSR count). The lowest BCUT2D eigenvalue weighted by Gasteiger charge is -2.08. The van der Waals surface area contributed by atoms with E-state index in [1.807, 2.05) is 20.0 Å². The van der Waals surface area contributed by atoms with E-state index in [2.05, 4.69) is 20.6 Å². The molecule has 1 fully saturated rings. The molecular formula is C12H20N4O. The van der Waals surface area contributed by atoms with Crippen molar-refractivity contribution in [3.8, 4) is 0 Å². The van der Waals surface area contributed by atoms with Crippen LogP contribution in [-0.2, 0) is 4.74 Å². The van der Waals surface area contributed by atoms with Crippen molar-refractivity contribution >= 4 is 11.6 Å². The van der Waals surface area contributed by atoms with E-state index in [1.165, 1.54) is 12.8 Å². The van der Waals surface area contributed by atoms with E-state index in [0.717, 1.165) is 43.1 Å². The average molecular weight is 236 g/mol. The molecule has 1 saturated carbocycles. The summed E-state index contributed by atoms with van der Waals surface area (Å²) >= 11 is 0. The van der Waals surface area contributed by atoms with Crippen LogP contribution in [0, 0.1) is 12.8 Å². The third-order valence-electron chi connectivity index (χ3n) is 2.70. The van der Waals surface area contributed by atoms with Gasteiger partial charge in [0.2, 0.25) is 0 Å². The molecule has 1 aliphatic carbocycles. The van der Waals surface area contributed by atoms with Crippen molar-refractivity contribution < 1.29 is 4.74 Å². The topological polar surface area (TPSA) is 59.1 Å². The lowest BCUT2D eigenvalue weighted by atomic mass is 10.4. The molecule has 17 heavy (non-hydrogen) atoms. The second kappa shape index (κ2) is 5.82. The molecule has 0 aromatic carbocycles. The van der Waals surface area contributed by atoms with Gasteiger partial charge < -0.3 is 15.4 Å². The van der Waals surface area contributed by atoms with E-state index in [1.54, 1.807) is 0 Å². The van der Waals surface area contributed by atoms with Crippen LogP contribution in [0.25, 0.3) is 0 Å². The predicted molar refractivity (Wildman–Crippen MR) is 68.3 cm³/mol. The summed E-state index contributed by atoms with van der Waals surface area (Å²) in [5, 5.41) is 6.25. The fourth-order valence-corrected chi connectivity index (χ4v) is 1.57. The van der Waals surface area contributed by atoms with Crippen LogP contribution >= 0.6 is 0 Å². The summed E-state index contributed by atoms with van der Waals surface area (Å²) in [5.41, 5.74) is 0. The number of aryl methyl sites for hydroxylation is 1. The highest BCUT2D eigenvalue weighted by atomic mass is 16.5. The second-order valence-electron chi connectivity index (χ2n) is 4.38. The van der Waals surface area contributed by atoms with E-state index in [4.69, 9.17) is 4.74 Å². The third kappa shape index (κ3) is 4.19. The SMILES string of the molecule is CNc1cc(NCCOCC2CC2)nc(C)n1. The Balaban J connectivity index is 1.71. The van der Waals surface area contributed by atoms with E-state index in [-0.39, 0.29) is 0 Å². The van der Waals surface area contributed by atoms with Gasteiger partial charge in [0.15, 0.2) is 0 Å². The van der Waals surface area contributed by atoms with Crippen LogP contribution in [0.3, 0.4) is 0 Å². The number of aromatic nitrogens is 2. The summed E-state index contributed by atoms with van der Waals surface area (Å²) in [5.74, 6) is 3.27. The molecule has 0 radical (unpaired) electrons. The maximum absolute atomic E-state index is 5.54. The number of hydrogen-bond acceptors (Lipinski definition) is 5. The second-order valence-corrected chi connectivity index (χ2v) is 4.38. The molecule has 5 nitrogen and oxygen atoms in total.